The number of hydrogen-bond donors (Lipinski definition) is 2. The van der Waals surface area contributed by atoms with Gasteiger partial charge in [-0.15, -0.1) is 0 Å². The maximum absolute atomic E-state index is 11.9. The minimum absolute atomic E-state index is 0.209. The summed E-state index contributed by atoms with van der Waals surface area (Å²) in [6.45, 7) is 0.872. The van der Waals surface area contributed by atoms with Gasteiger partial charge < -0.3 is 10.1 Å². The first-order valence-corrected chi connectivity index (χ1v) is 10.5. The number of aromatic amines is 1. The molecule has 3 aromatic heterocycles. The average Bonchev–Trinajstić information content (AvgIpc) is 3.32. The van der Waals surface area contributed by atoms with Gasteiger partial charge in [-0.1, -0.05) is 0 Å². The van der Waals surface area contributed by atoms with E-state index in [-0.39, 0.29) is 4.90 Å². The standard InChI is InChI=1S/C18H17N7O3S/c1-28-6-5-25-16(8-19)15(10-21-25)23-18-17-13(9-20-24-17)12-7-11(29(2,26)27)3-4-14(12)22-18/h3-4,7,9-10H,5-6H2,1-2H3,(H,20,24)(H,22,23). The topological polar surface area (TPSA) is 139 Å². The van der Waals surface area contributed by atoms with Crippen LogP contribution in [0.5, 0.6) is 0 Å². The van der Waals surface area contributed by atoms with Gasteiger partial charge in [0.15, 0.2) is 21.3 Å². The lowest BCUT2D eigenvalue weighted by molar-refractivity contribution is 0.183. The Morgan fingerprint density at radius 3 is 2.86 bits per heavy atom. The molecule has 0 bridgehead atoms. The van der Waals surface area contributed by atoms with E-state index in [4.69, 9.17) is 4.74 Å². The Bertz CT molecular complexity index is 1370. The van der Waals surface area contributed by atoms with Crippen molar-refractivity contribution in [3.05, 3.63) is 36.3 Å². The Balaban J connectivity index is 1.82. The number of fused-ring (bicyclic) bond motifs is 3. The van der Waals surface area contributed by atoms with Crippen molar-refractivity contribution in [3.8, 4) is 6.07 Å². The first kappa shape index (κ1) is 18.9. The number of benzene rings is 1. The van der Waals surface area contributed by atoms with E-state index in [1.165, 1.54) is 6.07 Å². The largest absolute Gasteiger partial charge is 0.383 e. The van der Waals surface area contributed by atoms with Crippen molar-refractivity contribution in [2.75, 3.05) is 25.3 Å². The van der Waals surface area contributed by atoms with E-state index >= 15 is 0 Å². The number of nitrogens with zero attached hydrogens (tertiary/aromatic N) is 5. The zero-order chi connectivity index (χ0) is 20.6. The van der Waals surface area contributed by atoms with Gasteiger partial charge in [0.25, 0.3) is 0 Å². The summed E-state index contributed by atoms with van der Waals surface area (Å²) in [5.41, 5.74) is 2.04. The molecule has 0 atom stereocenters. The van der Waals surface area contributed by atoms with Crippen LogP contribution in [0, 0.1) is 11.3 Å². The van der Waals surface area contributed by atoms with Gasteiger partial charge in [0.2, 0.25) is 0 Å². The van der Waals surface area contributed by atoms with Crippen LogP contribution in [-0.4, -0.2) is 53.4 Å². The van der Waals surface area contributed by atoms with E-state index in [1.54, 1.807) is 36.3 Å². The van der Waals surface area contributed by atoms with Crippen molar-refractivity contribution in [2.24, 2.45) is 0 Å². The van der Waals surface area contributed by atoms with Gasteiger partial charge >= 0.3 is 0 Å². The molecule has 2 N–H and O–H groups in total. The van der Waals surface area contributed by atoms with Gasteiger partial charge in [-0.2, -0.15) is 15.5 Å². The highest BCUT2D eigenvalue weighted by Gasteiger charge is 2.17. The number of hydrogen-bond acceptors (Lipinski definition) is 8. The number of aromatic nitrogens is 5. The Labute approximate surface area is 166 Å². The summed E-state index contributed by atoms with van der Waals surface area (Å²) in [5.74, 6) is 0.458. The lowest BCUT2D eigenvalue weighted by atomic mass is 10.1. The first-order valence-electron chi connectivity index (χ1n) is 8.61. The van der Waals surface area contributed by atoms with E-state index in [1.807, 2.05) is 0 Å². The highest BCUT2D eigenvalue weighted by Crippen LogP contribution is 2.31. The SMILES string of the molecule is COCCn1ncc(Nc2nc3ccc(S(C)(=O)=O)cc3c3cn[nH]c23)c1C#N. The van der Waals surface area contributed by atoms with Crippen LogP contribution < -0.4 is 5.32 Å². The van der Waals surface area contributed by atoms with Gasteiger partial charge in [0.05, 0.1) is 41.6 Å². The third-order valence-corrected chi connectivity index (χ3v) is 5.61. The second-order valence-electron chi connectivity index (χ2n) is 6.43. The zero-order valence-electron chi connectivity index (χ0n) is 15.7. The molecular weight excluding hydrogens is 394 g/mol. The highest BCUT2D eigenvalue weighted by molar-refractivity contribution is 7.90. The monoisotopic (exact) mass is 411 g/mol. The van der Waals surface area contributed by atoms with Crippen molar-refractivity contribution in [2.45, 2.75) is 11.4 Å². The van der Waals surface area contributed by atoms with Crippen molar-refractivity contribution in [3.63, 3.8) is 0 Å². The molecule has 0 unspecified atom stereocenters. The summed E-state index contributed by atoms with van der Waals surface area (Å²) >= 11 is 0. The lowest BCUT2D eigenvalue weighted by Gasteiger charge is -2.09. The second-order valence-corrected chi connectivity index (χ2v) is 8.45. The molecule has 1 aromatic carbocycles. The maximum Gasteiger partial charge on any atom is 0.175 e. The Kier molecular flexibility index (Phi) is 4.65. The minimum Gasteiger partial charge on any atom is -0.383 e. The van der Waals surface area contributed by atoms with Crippen molar-refractivity contribution >= 4 is 43.1 Å². The number of rotatable bonds is 6. The Morgan fingerprint density at radius 1 is 1.31 bits per heavy atom. The van der Waals surface area contributed by atoms with Crippen molar-refractivity contribution < 1.29 is 13.2 Å². The van der Waals surface area contributed by atoms with Gasteiger partial charge in [0.1, 0.15) is 11.6 Å². The fourth-order valence-corrected chi connectivity index (χ4v) is 3.71. The number of anilines is 2. The van der Waals surface area contributed by atoms with E-state index < -0.39 is 9.84 Å². The number of methoxy groups -OCH3 is 1. The van der Waals surface area contributed by atoms with E-state index in [0.717, 1.165) is 6.26 Å². The fourth-order valence-electron chi connectivity index (χ4n) is 3.07. The van der Waals surface area contributed by atoms with Gasteiger partial charge in [-0.25, -0.2) is 13.4 Å². The smallest absolute Gasteiger partial charge is 0.175 e. The molecule has 10 nitrogen and oxygen atoms in total. The lowest BCUT2D eigenvalue weighted by Crippen LogP contribution is -2.08. The van der Waals surface area contributed by atoms with E-state index in [0.29, 0.717) is 52.2 Å². The molecule has 4 aromatic rings. The van der Waals surface area contributed by atoms with Crippen LogP contribution in [0.15, 0.2) is 35.5 Å². The molecule has 0 aliphatic heterocycles. The van der Waals surface area contributed by atoms with Crippen LogP contribution in [0.1, 0.15) is 5.69 Å². The van der Waals surface area contributed by atoms with Crippen molar-refractivity contribution in [1.29, 1.82) is 5.26 Å². The summed E-state index contributed by atoms with van der Waals surface area (Å²) in [7, 11) is -1.77. The third-order valence-electron chi connectivity index (χ3n) is 4.50. The molecule has 0 spiro atoms. The molecule has 0 aliphatic rings. The molecule has 11 heteroatoms. The van der Waals surface area contributed by atoms with Crippen molar-refractivity contribution in [1.82, 2.24) is 25.0 Å². The molecular formula is C18H17N7O3S. The highest BCUT2D eigenvalue weighted by atomic mass is 32.2. The number of sulfone groups is 1. The number of nitriles is 1. The number of nitrogens with one attached hydrogen (secondary N) is 2. The molecule has 148 valence electrons. The summed E-state index contributed by atoms with van der Waals surface area (Å²) in [6, 6.07) is 6.89. The molecule has 0 saturated heterocycles. The van der Waals surface area contributed by atoms with Crippen LogP contribution in [0.4, 0.5) is 11.5 Å². The molecule has 0 fully saturated rings. The van der Waals surface area contributed by atoms with Gasteiger partial charge in [-0.3, -0.25) is 9.78 Å². The van der Waals surface area contributed by atoms with Crippen LogP contribution in [0.3, 0.4) is 0 Å². The third kappa shape index (κ3) is 3.39. The van der Waals surface area contributed by atoms with Crippen LogP contribution >= 0.6 is 0 Å². The van der Waals surface area contributed by atoms with Crippen LogP contribution in [-0.2, 0) is 21.1 Å². The molecule has 29 heavy (non-hydrogen) atoms. The Morgan fingerprint density at radius 2 is 2.14 bits per heavy atom. The van der Waals surface area contributed by atoms with Crippen LogP contribution in [0.25, 0.3) is 21.8 Å². The van der Waals surface area contributed by atoms with Gasteiger partial charge in [0, 0.05) is 24.1 Å². The minimum atomic E-state index is -3.35. The molecule has 0 amide bonds. The van der Waals surface area contributed by atoms with Crippen LogP contribution in [0.2, 0.25) is 0 Å². The zero-order valence-corrected chi connectivity index (χ0v) is 16.5. The molecule has 0 saturated carbocycles. The number of ether oxygens (including phenoxy) is 1. The number of H-pyrrole nitrogens is 1. The molecule has 4 rings (SSSR count). The Hall–Kier alpha value is -3.49. The summed E-state index contributed by atoms with van der Waals surface area (Å²) in [5, 5.41) is 25.2. The summed E-state index contributed by atoms with van der Waals surface area (Å²) in [4.78, 5) is 4.80. The molecule has 3 heterocycles. The molecule has 0 radical (unpaired) electrons. The van der Waals surface area contributed by atoms with E-state index in [2.05, 4.69) is 31.7 Å². The van der Waals surface area contributed by atoms with E-state index in [9.17, 15) is 13.7 Å². The first-order chi connectivity index (χ1) is 13.9. The maximum atomic E-state index is 11.9. The number of pyridine rings is 1. The average molecular weight is 411 g/mol. The predicted octanol–water partition coefficient (Wildman–Crippen LogP) is 1.97. The van der Waals surface area contributed by atoms with Gasteiger partial charge in [-0.05, 0) is 18.2 Å². The fraction of sp³-hybridized carbons (Fsp3) is 0.222. The second kappa shape index (κ2) is 7.16. The normalized spacial score (nSPS) is 11.8. The predicted molar refractivity (Wildman–Crippen MR) is 107 cm³/mol. The summed E-state index contributed by atoms with van der Waals surface area (Å²) in [6.07, 6.45) is 4.33. The quantitative estimate of drug-likeness (QED) is 0.491. The summed E-state index contributed by atoms with van der Waals surface area (Å²) < 4.78 is 30.4. The molecule has 0 aliphatic carbocycles.